The van der Waals surface area contributed by atoms with Crippen molar-refractivity contribution in [3.8, 4) is 0 Å². The van der Waals surface area contributed by atoms with Gasteiger partial charge in [-0.2, -0.15) is 0 Å². The molecule has 0 radical (unpaired) electrons. The molecular formula is C21H23N3O4. The van der Waals surface area contributed by atoms with Gasteiger partial charge in [0.1, 0.15) is 6.54 Å². The molecule has 0 saturated carbocycles. The van der Waals surface area contributed by atoms with E-state index in [4.69, 9.17) is 4.74 Å². The fourth-order valence-corrected chi connectivity index (χ4v) is 3.07. The molecule has 0 aliphatic carbocycles. The molecule has 1 amide bonds. The molecule has 1 aromatic heterocycles. The number of hydrogen-bond donors (Lipinski definition) is 1. The second-order valence-corrected chi connectivity index (χ2v) is 6.46. The highest BCUT2D eigenvalue weighted by atomic mass is 16.5. The molecule has 0 atom stereocenters. The molecule has 2 aromatic carbocycles. The van der Waals surface area contributed by atoms with Gasteiger partial charge in [-0.05, 0) is 24.1 Å². The van der Waals surface area contributed by atoms with E-state index in [1.807, 2.05) is 30.3 Å². The third-order valence-corrected chi connectivity index (χ3v) is 4.46. The van der Waals surface area contributed by atoms with Gasteiger partial charge in [0.2, 0.25) is 5.91 Å². The minimum Gasteiger partial charge on any atom is -0.385 e. The van der Waals surface area contributed by atoms with Gasteiger partial charge in [-0.1, -0.05) is 42.5 Å². The maximum absolute atomic E-state index is 13.0. The van der Waals surface area contributed by atoms with Crippen LogP contribution in [0.25, 0.3) is 10.9 Å². The van der Waals surface area contributed by atoms with Gasteiger partial charge in [-0.3, -0.25) is 18.7 Å². The van der Waals surface area contributed by atoms with E-state index in [0.717, 1.165) is 5.56 Å². The monoisotopic (exact) mass is 381 g/mol. The van der Waals surface area contributed by atoms with Gasteiger partial charge < -0.3 is 10.1 Å². The molecule has 0 aliphatic heterocycles. The number of fused-ring (bicyclic) bond motifs is 1. The number of ether oxygens (including phenoxy) is 1. The molecule has 0 unspecified atom stereocenters. The van der Waals surface area contributed by atoms with Crippen molar-refractivity contribution in [2.45, 2.75) is 19.5 Å². The fraction of sp³-hybridized carbons (Fsp3) is 0.286. The lowest BCUT2D eigenvalue weighted by atomic mass is 10.2. The zero-order valence-corrected chi connectivity index (χ0v) is 15.8. The van der Waals surface area contributed by atoms with Gasteiger partial charge in [0, 0.05) is 20.3 Å². The minimum absolute atomic E-state index is 0.151. The molecule has 146 valence electrons. The molecule has 7 nitrogen and oxygen atoms in total. The van der Waals surface area contributed by atoms with Crippen molar-refractivity contribution >= 4 is 16.8 Å². The topological polar surface area (TPSA) is 82.3 Å². The molecule has 1 N–H and O–H groups in total. The van der Waals surface area contributed by atoms with Crippen molar-refractivity contribution in [2.75, 3.05) is 20.3 Å². The molecule has 28 heavy (non-hydrogen) atoms. The summed E-state index contributed by atoms with van der Waals surface area (Å²) >= 11 is 0. The van der Waals surface area contributed by atoms with E-state index in [9.17, 15) is 14.4 Å². The Hall–Kier alpha value is -3.19. The number of methoxy groups -OCH3 is 1. The summed E-state index contributed by atoms with van der Waals surface area (Å²) in [5, 5.41) is 3.18. The van der Waals surface area contributed by atoms with Crippen LogP contribution >= 0.6 is 0 Å². The van der Waals surface area contributed by atoms with Crippen LogP contribution in [0.2, 0.25) is 0 Å². The number of nitrogens with zero attached hydrogens (tertiary/aromatic N) is 2. The van der Waals surface area contributed by atoms with E-state index in [1.54, 1.807) is 31.4 Å². The molecular weight excluding hydrogens is 358 g/mol. The van der Waals surface area contributed by atoms with Crippen LogP contribution in [0.3, 0.4) is 0 Å². The average Bonchev–Trinajstić information content (AvgIpc) is 2.72. The van der Waals surface area contributed by atoms with Gasteiger partial charge in [0.05, 0.1) is 17.4 Å². The summed E-state index contributed by atoms with van der Waals surface area (Å²) in [5.74, 6) is -0.284. The Labute approximate surface area is 162 Å². The van der Waals surface area contributed by atoms with Gasteiger partial charge in [0.15, 0.2) is 0 Å². The van der Waals surface area contributed by atoms with Crippen LogP contribution in [-0.4, -0.2) is 35.3 Å². The summed E-state index contributed by atoms with van der Waals surface area (Å²) in [6.07, 6.45) is 0.686. The Morgan fingerprint density at radius 1 is 1.00 bits per heavy atom. The molecule has 0 spiro atoms. The molecule has 1 heterocycles. The summed E-state index contributed by atoms with van der Waals surface area (Å²) in [7, 11) is 1.60. The van der Waals surface area contributed by atoms with Crippen LogP contribution in [0, 0.1) is 0 Å². The number of aromatic nitrogens is 2. The quantitative estimate of drug-likeness (QED) is 0.598. The third kappa shape index (κ3) is 4.37. The lowest BCUT2D eigenvalue weighted by Crippen LogP contribution is -2.43. The Morgan fingerprint density at radius 2 is 1.71 bits per heavy atom. The molecule has 0 aliphatic rings. The first-order valence-corrected chi connectivity index (χ1v) is 9.13. The Balaban J connectivity index is 1.98. The highest BCUT2D eigenvalue weighted by molar-refractivity contribution is 5.81. The minimum atomic E-state index is -0.500. The molecule has 7 heteroatoms. The number of nitrogens with one attached hydrogen (secondary N) is 1. The van der Waals surface area contributed by atoms with Crippen LogP contribution in [0.5, 0.6) is 0 Å². The molecule has 0 saturated heterocycles. The number of carbonyl (C=O) groups excluding carboxylic acids is 1. The van der Waals surface area contributed by atoms with E-state index in [2.05, 4.69) is 5.32 Å². The van der Waals surface area contributed by atoms with Crippen molar-refractivity contribution in [3.63, 3.8) is 0 Å². The molecule has 3 rings (SSSR count). The van der Waals surface area contributed by atoms with Crippen LogP contribution in [-0.2, 0) is 22.6 Å². The van der Waals surface area contributed by atoms with E-state index >= 15 is 0 Å². The Bertz CT molecular complexity index is 1070. The number of hydrogen-bond acceptors (Lipinski definition) is 4. The second kappa shape index (κ2) is 9.14. The van der Waals surface area contributed by atoms with Crippen LogP contribution in [0.4, 0.5) is 0 Å². The number of benzene rings is 2. The van der Waals surface area contributed by atoms with Crippen molar-refractivity contribution in [1.29, 1.82) is 0 Å². The normalized spacial score (nSPS) is 10.9. The molecule has 0 bridgehead atoms. The van der Waals surface area contributed by atoms with Crippen molar-refractivity contribution < 1.29 is 9.53 Å². The summed E-state index contributed by atoms with van der Waals surface area (Å²) in [6.45, 7) is 1.01. The SMILES string of the molecule is COCCCNC(=O)Cn1c(=O)n(Cc2ccccc2)c(=O)c2ccccc21. The van der Waals surface area contributed by atoms with Crippen molar-refractivity contribution in [3.05, 3.63) is 81.0 Å². The van der Waals surface area contributed by atoms with E-state index in [0.29, 0.717) is 30.5 Å². The number of rotatable bonds is 8. The first-order valence-electron chi connectivity index (χ1n) is 9.13. The summed E-state index contributed by atoms with van der Waals surface area (Å²) < 4.78 is 7.49. The van der Waals surface area contributed by atoms with E-state index in [1.165, 1.54) is 9.13 Å². The summed E-state index contributed by atoms with van der Waals surface area (Å²) in [4.78, 5) is 38.2. The smallest absolute Gasteiger partial charge is 0.332 e. The van der Waals surface area contributed by atoms with Crippen molar-refractivity contribution in [2.24, 2.45) is 0 Å². The highest BCUT2D eigenvalue weighted by Crippen LogP contribution is 2.08. The second-order valence-electron chi connectivity index (χ2n) is 6.46. The van der Waals surface area contributed by atoms with Crippen LogP contribution < -0.4 is 16.6 Å². The Kier molecular flexibility index (Phi) is 6.39. The molecule has 3 aromatic rings. The zero-order valence-electron chi connectivity index (χ0n) is 15.8. The highest BCUT2D eigenvalue weighted by Gasteiger charge is 2.15. The maximum atomic E-state index is 13.0. The van der Waals surface area contributed by atoms with Crippen molar-refractivity contribution in [1.82, 2.24) is 14.5 Å². The first-order chi connectivity index (χ1) is 13.6. The number of carbonyl (C=O) groups is 1. The predicted octanol–water partition coefficient (Wildman–Crippen LogP) is 1.36. The van der Waals surface area contributed by atoms with Crippen LogP contribution in [0.1, 0.15) is 12.0 Å². The predicted molar refractivity (Wildman–Crippen MR) is 108 cm³/mol. The van der Waals surface area contributed by atoms with E-state index in [-0.39, 0.29) is 24.6 Å². The molecule has 0 fully saturated rings. The lowest BCUT2D eigenvalue weighted by molar-refractivity contribution is -0.121. The summed E-state index contributed by atoms with van der Waals surface area (Å²) in [5.41, 5.74) is 0.433. The number of para-hydroxylation sites is 1. The summed E-state index contributed by atoms with van der Waals surface area (Å²) in [6, 6.07) is 16.1. The van der Waals surface area contributed by atoms with Gasteiger partial charge in [0.25, 0.3) is 5.56 Å². The first kappa shape index (κ1) is 19.6. The maximum Gasteiger partial charge on any atom is 0.332 e. The van der Waals surface area contributed by atoms with Gasteiger partial charge in [-0.15, -0.1) is 0 Å². The van der Waals surface area contributed by atoms with Gasteiger partial charge >= 0.3 is 5.69 Å². The third-order valence-electron chi connectivity index (χ3n) is 4.46. The average molecular weight is 381 g/mol. The number of amides is 1. The standard InChI is InChI=1S/C21H23N3O4/c1-28-13-7-12-22-19(25)15-23-18-11-6-5-10-17(18)20(26)24(21(23)27)14-16-8-3-2-4-9-16/h2-6,8-11H,7,12-15H2,1H3,(H,22,25). The lowest BCUT2D eigenvalue weighted by Gasteiger charge is -2.14. The largest absolute Gasteiger partial charge is 0.385 e. The van der Waals surface area contributed by atoms with Gasteiger partial charge in [-0.25, -0.2) is 4.79 Å². The zero-order chi connectivity index (χ0) is 19.9. The Morgan fingerprint density at radius 3 is 2.46 bits per heavy atom. The van der Waals surface area contributed by atoms with E-state index < -0.39 is 5.69 Å². The van der Waals surface area contributed by atoms with Crippen LogP contribution in [0.15, 0.2) is 64.2 Å². The fourth-order valence-electron chi connectivity index (χ4n) is 3.07.